The molecular formula is C14H13ClN2O2. The Labute approximate surface area is 116 Å². The molecule has 1 aromatic carbocycles. The highest BCUT2D eigenvalue weighted by Gasteiger charge is 2.11. The molecule has 0 bridgehead atoms. The summed E-state index contributed by atoms with van der Waals surface area (Å²) in [6, 6.07) is 9.15. The Morgan fingerprint density at radius 1 is 1.26 bits per heavy atom. The first-order valence-electron chi connectivity index (χ1n) is 5.71. The van der Waals surface area contributed by atoms with E-state index < -0.39 is 5.97 Å². The Morgan fingerprint density at radius 3 is 2.68 bits per heavy atom. The van der Waals surface area contributed by atoms with Gasteiger partial charge in [-0.05, 0) is 43.2 Å². The lowest BCUT2D eigenvalue weighted by molar-refractivity contribution is 0.0691. The van der Waals surface area contributed by atoms with Crippen molar-refractivity contribution < 1.29 is 9.90 Å². The predicted molar refractivity (Wildman–Crippen MR) is 75.4 cm³/mol. The standard InChI is InChI=1S/C14H13ClN2O2/c1-8-3-4-9(2)11(7-8)16-12-6-5-10(15)13(17-12)14(18)19/h3-7H,1-2H3,(H,16,17)(H,18,19). The number of carboxylic acids is 1. The number of rotatable bonds is 3. The number of aromatic nitrogens is 1. The van der Waals surface area contributed by atoms with E-state index in [0.29, 0.717) is 5.82 Å². The maximum Gasteiger partial charge on any atom is 0.356 e. The van der Waals surface area contributed by atoms with Crippen molar-refractivity contribution >= 4 is 29.1 Å². The zero-order valence-corrected chi connectivity index (χ0v) is 11.3. The third kappa shape index (κ3) is 3.03. The smallest absolute Gasteiger partial charge is 0.356 e. The Bertz CT molecular complexity index is 641. The molecule has 2 rings (SSSR count). The molecule has 5 heteroatoms. The van der Waals surface area contributed by atoms with Gasteiger partial charge < -0.3 is 10.4 Å². The minimum absolute atomic E-state index is 0.124. The van der Waals surface area contributed by atoms with E-state index in [9.17, 15) is 4.79 Å². The van der Waals surface area contributed by atoms with Gasteiger partial charge in [-0.15, -0.1) is 0 Å². The van der Waals surface area contributed by atoms with Gasteiger partial charge in [0, 0.05) is 5.69 Å². The summed E-state index contributed by atoms with van der Waals surface area (Å²) in [6.07, 6.45) is 0. The second-order valence-electron chi connectivity index (χ2n) is 4.28. The second-order valence-corrected chi connectivity index (χ2v) is 4.68. The van der Waals surface area contributed by atoms with Crippen LogP contribution in [0.15, 0.2) is 30.3 Å². The molecule has 0 aliphatic carbocycles. The van der Waals surface area contributed by atoms with Gasteiger partial charge in [0.25, 0.3) is 0 Å². The largest absolute Gasteiger partial charge is 0.476 e. The molecular weight excluding hydrogens is 264 g/mol. The lowest BCUT2D eigenvalue weighted by Gasteiger charge is -2.10. The summed E-state index contributed by atoms with van der Waals surface area (Å²) in [7, 11) is 0. The molecule has 19 heavy (non-hydrogen) atoms. The minimum atomic E-state index is -1.14. The van der Waals surface area contributed by atoms with E-state index >= 15 is 0 Å². The highest BCUT2D eigenvalue weighted by molar-refractivity contribution is 6.33. The van der Waals surface area contributed by atoms with Crippen molar-refractivity contribution in [2.24, 2.45) is 0 Å². The van der Waals surface area contributed by atoms with Gasteiger partial charge in [0.1, 0.15) is 5.82 Å². The molecule has 98 valence electrons. The third-order valence-corrected chi connectivity index (χ3v) is 3.01. The summed E-state index contributed by atoms with van der Waals surface area (Å²) < 4.78 is 0. The number of anilines is 2. The van der Waals surface area contributed by atoms with Gasteiger partial charge in [0.2, 0.25) is 0 Å². The molecule has 0 amide bonds. The zero-order chi connectivity index (χ0) is 14.0. The van der Waals surface area contributed by atoms with E-state index in [0.717, 1.165) is 16.8 Å². The zero-order valence-electron chi connectivity index (χ0n) is 10.6. The lowest BCUT2D eigenvalue weighted by Crippen LogP contribution is -2.04. The molecule has 0 aliphatic rings. The van der Waals surface area contributed by atoms with E-state index in [1.54, 1.807) is 6.07 Å². The Kier molecular flexibility index (Phi) is 3.71. The molecule has 0 saturated carbocycles. The number of nitrogens with one attached hydrogen (secondary N) is 1. The van der Waals surface area contributed by atoms with E-state index in [1.807, 2.05) is 32.0 Å². The number of aromatic carboxylic acids is 1. The maximum absolute atomic E-state index is 11.0. The molecule has 0 radical (unpaired) electrons. The van der Waals surface area contributed by atoms with Gasteiger partial charge >= 0.3 is 5.97 Å². The normalized spacial score (nSPS) is 10.3. The summed E-state index contributed by atoms with van der Waals surface area (Å²) in [5.74, 6) is -0.690. The average Bonchev–Trinajstić information content (AvgIpc) is 2.36. The number of benzene rings is 1. The van der Waals surface area contributed by atoms with Crippen LogP contribution >= 0.6 is 11.6 Å². The van der Waals surface area contributed by atoms with E-state index in [1.165, 1.54) is 6.07 Å². The van der Waals surface area contributed by atoms with Crippen molar-refractivity contribution in [2.75, 3.05) is 5.32 Å². The van der Waals surface area contributed by atoms with Crippen LogP contribution in [0.1, 0.15) is 21.6 Å². The third-order valence-electron chi connectivity index (χ3n) is 2.70. The fourth-order valence-corrected chi connectivity index (χ4v) is 1.86. The molecule has 4 nitrogen and oxygen atoms in total. The Hall–Kier alpha value is -2.07. The second kappa shape index (κ2) is 5.28. The van der Waals surface area contributed by atoms with Crippen molar-refractivity contribution in [3.05, 3.63) is 52.2 Å². The summed E-state index contributed by atoms with van der Waals surface area (Å²) in [5, 5.41) is 12.2. The Balaban J connectivity index is 2.36. The van der Waals surface area contributed by atoms with Crippen molar-refractivity contribution in [1.29, 1.82) is 0 Å². The molecule has 2 N–H and O–H groups in total. The van der Waals surface area contributed by atoms with Crippen LogP contribution in [0.3, 0.4) is 0 Å². The number of carboxylic acid groups (broad SMARTS) is 1. The molecule has 2 aromatic rings. The Morgan fingerprint density at radius 2 is 2.00 bits per heavy atom. The summed E-state index contributed by atoms with van der Waals surface area (Å²) in [6.45, 7) is 3.96. The fourth-order valence-electron chi connectivity index (χ4n) is 1.67. The summed E-state index contributed by atoms with van der Waals surface area (Å²) >= 11 is 5.78. The number of hydrogen-bond donors (Lipinski definition) is 2. The van der Waals surface area contributed by atoms with E-state index in [2.05, 4.69) is 10.3 Å². The quantitative estimate of drug-likeness (QED) is 0.895. The van der Waals surface area contributed by atoms with Gasteiger partial charge in [-0.25, -0.2) is 9.78 Å². The molecule has 0 atom stereocenters. The van der Waals surface area contributed by atoms with E-state index in [-0.39, 0.29) is 10.7 Å². The van der Waals surface area contributed by atoms with Crippen LogP contribution in [0.5, 0.6) is 0 Å². The number of carbonyl (C=O) groups is 1. The average molecular weight is 277 g/mol. The van der Waals surface area contributed by atoms with Crippen molar-refractivity contribution in [3.8, 4) is 0 Å². The molecule has 0 aliphatic heterocycles. The van der Waals surface area contributed by atoms with Crippen LogP contribution in [0.4, 0.5) is 11.5 Å². The van der Waals surface area contributed by atoms with Crippen LogP contribution in [0.2, 0.25) is 5.02 Å². The van der Waals surface area contributed by atoms with Gasteiger partial charge in [0.15, 0.2) is 5.69 Å². The van der Waals surface area contributed by atoms with Crippen LogP contribution in [-0.2, 0) is 0 Å². The van der Waals surface area contributed by atoms with E-state index in [4.69, 9.17) is 16.7 Å². The first-order chi connectivity index (χ1) is 8.97. The molecule has 0 fully saturated rings. The SMILES string of the molecule is Cc1ccc(C)c(Nc2ccc(Cl)c(C(=O)O)n2)c1. The van der Waals surface area contributed by atoms with Crippen LogP contribution in [-0.4, -0.2) is 16.1 Å². The fraction of sp³-hybridized carbons (Fsp3) is 0.143. The number of pyridine rings is 1. The van der Waals surface area contributed by atoms with Gasteiger partial charge in [-0.3, -0.25) is 0 Å². The topological polar surface area (TPSA) is 62.2 Å². The molecule has 1 heterocycles. The van der Waals surface area contributed by atoms with Crippen molar-refractivity contribution in [1.82, 2.24) is 4.98 Å². The van der Waals surface area contributed by atoms with Crippen LogP contribution in [0.25, 0.3) is 0 Å². The lowest BCUT2D eigenvalue weighted by atomic mass is 10.1. The monoisotopic (exact) mass is 276 g/mol. The first-order valence-corrected chi connectivity index (χ1v) is 6.09. The number of hydrogen-bond acceptors (Lipinski definition) is 3. The minimum Gasteiger partial charge on any atom is -0.476 e. The summed E-state index contributed by atoms with van der Waals surface area (Å²) in [5.41, 5.74) is 2.91. The first kappa shape index (κ1) is 13.4. The molecule has 1 aromatic heterocycles. The van der Waals surface area contributed by atoms with Crippen LogP contribution < -0.4 is 5.32 Å². The number of nitrogens with zero attached hydrogens (tertiary/aromatic N) is 1. The van der Waals surface area contributed by atoms with Gasteiger partial charge in [-0.1, -0.05) is 23.7 Å². The molecule has 0 spiro atoms. The summed E-state index contributed by atoms with van der Waals surface area (Å²) in [4.78, 5) is 15.0. The predicted octanol–water partition coefficient (Wildman–Crippen LogP) is 3.79. The highest BCUT2D eigenvalue weighted by atomic mass is 35.5. The van der Waals surface area contributed by atoms with Crippen molar-refractivity contribution in [2.45, 2.75) is 13.8 Å². The molecule has 0 saturated heterocycles. The molecule has 0 unspecified atom stereocenters. The van der Waals surface area contributed by atoms with Crippen molar-refractivity contribution in [3.63, 3.8) is 0 Å². The van der Waals surface area contributed by atoms with Crippen LogP contribution in [0, 0.1) is 13.8 Å². The maximum atomic E-state index is 11.0. The number of aryl methyl sites for hydroxylation is 2. The number of halogens is 1. The van der Waals surface area contributed by atoms with Gasteiger partial charge in [0.05, 0.1) is 5.02 Å². The van der Waals surface area contributed by atoms with Gasteiger partial charge in [-0.2, -0.15) is 0 Å². The highest BCUT2D eigenvalue weighted by Crippen LogP contribution is 2.23.